The number of rotatable bonds is 4. The first-order valence-electron chi connectivity index (χ1n) is 9.37. The van der Waals surface area contributed by atoms with Crippen molar-refractivity contribution in [3.05, 3.63) is 36.3 Å². The van der Waals surface area contributed by atoms with Gasteiger partial charge in [-0.25, -0.2) is 4.39 Å². The minimum absolute atomic E-state index is 0.0381. The van der Waals surface area contributed by atoms with Crippen LogP contribution in [0.2, 0.25) is 0 Å². The van der Waals surface area contributed by atoms with Crippen LogP contribution in [0.15, 0.2) is 30.5 Å². The van der Waals surface area contributed by atoms with Gasteiger partial charge in [0.15, 0.2) is 0 Å². The molecule has 140 valence electrons. The minimum atomic E-state index is -0.326. The molecule has 1 aromatic carbocycles. The maximum absolute atomic E-state index is 13.9. The first-order chi connectivity index (χ1) is 13.2. The Kier molecular flexibility index (Phi) is 4.90. The molecule has 2 fully saturated rings. The third-order valence-corrected chi connectivity index (χ3v) is 5.43. The Morgan fingerprint density at radius 3 is 3.07 bits per heavy atom. The lowest BCUT2D eigenvalue weighted by molar-refractivity contribution is -0.132. The topological polar surface area (TPSA) is 72.3 Å². The normalized spacial score (nSPS) is 22.9. The average Bonchev–Trinajstić information content (AvgIpc) is 3.33. The van der Waals surface area contributed by atoms with E-state index in [1.54, 1.807) is 23.2 Å². The molecular weight excluding hydrogens is 345 g/mol. The van der Waals surface area contributed by atoms with Crippen LogP contribution in [0.3, 0.4) is 0 Å². The van der Waals surface area contributed by atoms with E-state index < -0.39 is 0 Å². The summed E-state index contributed by atoms with van der Waals surface area (Å²) in [7, 11) is 0. The van der Waals surface area contributed by atoms with E-state index >= 15 is 0 Å². The number of nitrogens with one attached hydrogen (secondary N) is 1. The number of nitriles is 1. The number of anilines is 1. The molecule has 1 amide bonds. The summed E-state index contributed by atoms with van der Waals surface area (Å²) in [5.41, 5.74) is 1.23. The molecule has 0 unspecified atom stereocenters. The second-order valence-corrected chi connectivity index (χ2v) is 7.23. The summed E-state index contributed by atoms with van der Waals surface area (Å²) in [5, 5.41) is 13.4. The first-order valence-corrected chi connectivity index (χ1v) is 9.37. The van der Waals surface area contributed by atoms with E-state index in [0.29, 0.717) is 18.6 Å². The van der Waals surface area contributed by atoms with Crippen LogP contribution in [0, 0.1) is 17.1 Å². The monoisotopic (exact) mass is 367 g/mol. The van der Waals surface area contributed by atoms with Gasteiger partial charge in [0, 0.05) is 42.9 Å². The molecule has 0 saturated carbocycles. The van der Waals surface area contributed by atoms with Crippen molar-refractivity contribution in [1.82, 2.24) is 14.8 Å². The summed E-state index contributed by atoms with van der Waals surface area (Å²) in [5.74, 6) is -0.288. The van der Waals surface area contributed by atoms with Crippen LogP contribution in [0.5, 0.6) is 0 Å². The Balaban J connectivity index is 1.39. The molecule has 2 atom stereocenters. The Labute approximate surface area is 157 Å². The van der Waals surface area contributed by atoms with Crippen molar-refractivity contribution < 1.29 is 9.18 Å². The van der Waals surface area contributed by atoms with Gasteiger partial charge in [-0.1, -0.05) is 0 Å². The molecule has 2 aliphatic heterocycles. The van der Waals surface area contributed by atoms with Gasteiger partial charge in [0.2, 0.25) is 5.91 Å². The predicted octanol–water partition coefficient (Wildman–Crippen LogP) is 2.37. The van der Waals surface area contributed by atoms with Gasteiger partial charge >= 0.3 is 0 Å². The summed E-state index contributed by atoms with van der Waals surface area (Å²) in [6.45, 7) is 2.60. The highest BCUT2D eigenvalue weighted by Gasteiger charge is 2.31. The highest BCUT2D eigenvalue weighted by atomic mass is 19.1. The van der Waals surface area contributed by atoms with Crippen molar-refractivity contribution in [2.75, 3.05) is 31.5 Å². The Bertz CT molecular complexity index is 896. The highest BCUT2D eigenvalue weighted by Crippen LogP contribution is 2.26. The number of fused-ring (bicyclic) bond motifs is 1. The molecule has 2 aliphatic rings. The molecule has 7 heteroatoms. The highest BCUT2D eigenvalue weighted by molar-refractivity contribution is 5.91. The number of aromatic nitrogens is 1. The van der Waals surface area contributed by atoms with Gasteiger partial charge < -0.3 is 10.2 Å². The molecule has 3 heterocycles. The molecule has 4 rings (SSSR count). The van der Waals surface area contributed by atoms with Gasteiger partial charge in [-0.3, -0.25) is 14.7 Å². The summed E-state index contributed by atoms with van der Waals surface area (Å²) in [4.78, 5) is 20.5. The number of halogens is 1. The number of amides is 1. The number of likely N-dealkylation sites (tertiary alicyclic amines) is 2. The second kappa shape index (κ2) is 7.49. The molecule has 1 N–H and O–H groups in total. The van der Waals surface area contributed by atoms with Gasteiger partial charge in [-0.15, -0.1) is 0 Å². The van der Waals surface area contributed by atoms with Gasteiger partial charge in [-0.05, 0) is 43.5 Å². The third-order valence-electron chi connectivity index (χ3n) is 5.43. The zero-order valence-electron chi connectivity index (χ0n) is 15.1. The Morgan fingerprint density at radius 1 is 1.33 bits per heavy atom. The Morgan fingerprint density at radius 2 is 2.22 bits per heavy atom. The number of carbonyl (C=O) groups excluding carboxylic acids is 1. The summed E-state index contributed by atoms with van der Waals surface area (Å²) >= 11 is 0. The van der Waals surface area contributed by atoms with E-state index in [4.69, 9.17) is 5.26 Å². The molecule has 0 bridgehead atoms. The third kappa shape index (κ3) is 3.58. The molecule has 6 nitrogen and oxygen atoms in total. The van der Waals surface area contributed by atoms with Crippen LogP contribution >= 0.6 is 0 Å². The molecule has 1 aromatic heterocycles. The van der Waals surface area contributed by atoms with Gasteiger partial charge in [0.05, 0.1) is 12.6 Å². The standard InChI is InChI=1S/C20H22FN5O/c21-17-5-6-18(16-4-1-8-23-20(16)17)24-14-7-10-25(12-14)13-19(27)26-9-2-3-15(26)11-22/h1,4-6,8,14-15,24H,2-3,7,9-10,12-13H2/t14-,15-/m0/s1. The van der Waals surface area contributed by atoms with Crippen LogP contribution < -0.4 is 5.32 Å². The van der Waals surface area contributed by atoms with Crippen LogP contribution in [0.25, 0.3) is 10.9 Å². The van der Waals surface area contributed by atoms with E-state index in [9.17, 15) is 9.18 Å². The summed E-state index contributed by atoms with van der Waals surface area (Å²) in [6.07, 6.45) is 4.18. The van der Waals surface area contributed by atoms with Crippen molar-refractivity contribution in [3.63, 3.8) is 0 Å². The fraction of sp³-hybridized carbons (Fsp3) is 0.450. The van der Waals surface area contributed by atoms with E-state index in [-0.39, 0.29) is 23.8 Å². The summed E-state index contributed by atoms with van der Waals surface area (Å²) < 4.78 is 13.9. The predicted molar refractivity (Wildman–Crippen MR) is 101 cm³/mol. The number of pyridine rings is 1. The van der Waals surface area contributed by atoms with Gasteiger partial charge in [0.25, 0.3) is 0 Å². The average molecular weight is 367 g/mol. The van der Waals surface area contributed by atoms with Crippen LogP contribution in [0.1, 0.15) is 19.3 Å². The molecule has 27 heavy (non-hydrogen) atoms. The number of benzene rings is 1. The smallest absolute Gasteiger partial charge is 0.237 e. The van der Waals surface area contributed by atoms with Crippen LogP contribution in [0.4, 0.5) is 10.1 Å². The number of hydrogen-bond acceptors (Lipinski definition) is 5. The lowest BCUT2D eigenvalue weighted by Crippen LogP contribution is -2.42. The first kappa shape index (κ1) is 17.7. The van der Waals surface area contributed by atoms with E-state index in [0.717, 1.165) is 43.4 Å². The van der Waals surface area contributed by atoms with Crippen molar-refractivity contribution >= 4 is 22.5 Å². The minimum Gasteiger partial charge on any atom is -0.380 e. The van der Waals surface area contributed by atoms with Gasteiger partial charge in [-0.2, -0.15) is 5.26 Å². The zero-order chi connectivity index (χ0) is 18.8. The SMILES string of the molecule is N#C[C@@H]1CCCN1C(=O)CN1CC[C@H](Nc2ccc(F)c3ncccc23)C1. The number of hydrogen-bond donors (Lipinski definition) is 1. The molecule has 2 aromatic rings. The largest absolute Gasteiger partial charge is 0.380 e. The molecule has 0 aliphatic carbocycles. The Hall–Kier alpha value is -2.72. The van der Waals surface area contributed by atoms with Gasteiger partial charge in [0.1, 0.15) is 17.4 Å². The fourth-order valence-electron chi connectivity index (χ4n) is 4.06. The number of nitrogens with zero attached hydrogens (tertiary/aromatic N) is 4. The molecule has 2 saturated heterocycles. The lowest BCUT2D eigenvalue weighted by atomic mass is 10.1. The van der Waals surface area contributed by atoms with Crippen molar-refractivity contribution in [2.24, 2.45) is 0 Å². The van der Waals surface area contributed by atoms with E-state index in [1.165, 1.54) is 6.07 Å². The molecule has 0 radical (unpaired) electrons. The maximum atomic E-state index is 13.9. The van der Waals surface area contributed by atoms with Crippen molar-refractivity contribution in [3.8, 4) is 6.07 Å². The number of carbonyl (C=O) groups is 1. The summed E-state index contributed by atoms with van der Waals surface area (Å²) in [6, 6.07) is 8.98. The van der Waals surface area contributed by atoms with E-state index in [2.05, 4.69) is 21.3 Å². The zero-order valence-corrected chi connectivity index (χ0v) is 15.1. The quantitative estimate of drug-likeness (QED) is 0.898. The molecular formula is C20H22FN5O. The second-order valence-electron chi connectivity index (χ2n) is 7.23. The van der Waals surface area contributed by atoms with Crippen molar-refractivity contribution in [2.45, 2.75) is 31.3 Å². The van der Waals surface area contributed by atoms with Crippen molar-refractivity contribution in [1.29, 1.82) is 5.26 Å². The lowest BCUT2D eigenvalue weighted by Gasteiger charge is -2.23. The maximum Gasteiger partial charge on any atom is 0.237 e. The fourth-order valence-corrected chi connectivity index (χ4v) is 4.06. The molecule has 0 spiro atoms. The van der Waals surface area contributed by atoms with E-state index in [1.807, 2.05) is 6.07 Å². The van der Waals surface area contributed by atoms with Crippen LogP contribution in [-0.4, -0.2) is 59.0 Å². The van der Waals surface area contributed by atoms with Crippen LogP contribution in [-0.2, 0) is 4.79 Å².